The van der Waals surface area contributed by atoms with Crippen LogP contribution in [0, 0.1) is 0 Å². The van der Waals surface area contributed by atoms with E-state index >= 15 is 0 Å². The van der Waals surface area contributed by atoms with Gasteiger partial charge in [0, 0.05) is 17.1 Å². The van der Waals surface area contributed by atoms with Gasteiger partial charge in [0.2, 0.25) is 0 Å². The Morgan fingerprint density at radius 1 is 1.44 bits per heavy atom. The lowest BCUT2D eigenvalue weighted by Gasteiger charge is -2.15. The number of halogens is 2. The van der Waals surface area contributed by atoms with Gasteiger partial charge in [-0.05, 0) is 28.4 Å². The molecule has 0 amide bonds. The van der Waals surface area contributed by atoms with Gasteiger partial charge in [0.25, 0.3) is 0 Å². The van der Waals surface area contributed by atoms with Crippen molar-refractivity contribution < 1.29 is 5.11 Å². The first-order valence-corrected chi connectivity index (χ1v) is 6.96. The first-order valence-electron chi connectivity index (χ1n) is 5.78. The maximum Gasteiger partial charge on any atom is 0.123 e. The Morgan fingerprint density at radius 2 is 2.17 bits per heavy atom. The van der Waals surface area contributed by atoms with Crippen LogP contribution in [-0.4, -0.2) is 14.9 Å². The second kappa shape index (κ2) is 5.87. The molecule has 0 bridgehead atoms. The normalized spacial score (nSPS) is 12.7. The first kappa shape index (κ1) is 13.6. The summed E-state index contributed by atoms with van der Waals surface area (Å²) in [5.74, 6) is 0. The number of nitrogens with zero attached hydrogens (tertiary/aromatic N) is 2. The maximum absolute atomic E-state index is 10.5. The molecule has 0 spiro atoms. The topological polar surface area (TPSA) is 38.0 Å². The van der Waals surface area contributed by atoms with Crippen LogP contribution < -0.4 is 0 Å². The number of benzene rings is 1. The summed E-state index contributed by atoms with van der Waals surface area (Å²) in [7, 11) is 0. The SMILES string of the molecule is CCCn1ncc(Br)c1C(O)c1ccccc1Cl. The van der Waals surface area contributed by atoms with Gasteiger partial charge in [0.15, 0.2) is 0 Å². The van der Waals surface area contributed by atoms with Gasteiger partial charge in [0.05, 0.1) is 16.4 Å². The molecule has 1 N–H and O–H groups in total. The molecule has 18 heavy (non-hydrogen) atoms. The summed E-state index contributed by atoms with van der Waals surface area (Å²) in [4.78, 5) is 0. The van der Waals surface area contributed by atoms with Crippen molar-refractivity contribution in [3.63, 3.8) is 0 Å². The van der Waals surface area contributed by atoms with Crippen LogP contribution in [0.15, 0.2) is 34.9 Å². The molecular weight excluding hydrogens is 316 g/mol. The zero-order chi connectivity index (χ0) is 13.1. The molecule has 0 fully saturated rings. The minimum Gasteiger partial charge on any atom is -0.382 e. The summed E-state index contributed by atoms with van der Waals surface area (Å²) >= 11 is 9.54. The van der Waals surface area contributed by atoms with Crippen LogP contribution in [0.1, 0.15) is 30.7 Å². The highest BCUT2D eigenvalue weighted by Gasteiger charge is 2.21. The molecule has 0 radical (unpaired) electrons. The van der Waals surface area contributed by atoms with E-state index in [1.807, 2.05) is 18.2 Å². The standard InChI is InChI=1S/C13H14BrClN2O/c1-2-7-17-12(10(14)8-16-17)13(18)9-5-3-4-6-11(9)15/h3-6,8,13,18H,2,7H2,1H3. The van der Waals surface area contributed by atoms with E-state index in [4.69, 9.17) is 11.6 Å². The molecule has 1 heterocycles. The molecular formula is C13H14BrClN2O. The Balaban J connectivity index is 2.42. The lowest BCUT2D eigenvalue weighted by atomic mass is 10.1. The van der Waals surface area contributed by atoms with Gasteiger partial charge < -0.3 is 5.11 Å². The average Bonchev–Trinajstić information content (AvgIpc) is 2.71. The lowest BCUT2D eigenvalue weighted by molar-refractivity contribution is 0.206. The van der Waals surface area contributed by atoms with Crippen LogP contribution in [0.4, 0.5) is 0 Å². The highest BCUT2D eigenvalue weighted by molar-refractivity contribution is 9.10. The summed E-state index contributed by atoms with van der Waals surface area (Å²) in [6, 6.07) is 7.30. The minimum atomic E-state index is -0.776. The lowest BCUT2D eigenvalue weighted by Crippen LogP contribution is -2.11. The van der Waals surface area contributed by atoms with E-state index in [-0.39, 0.29) is 0 Å². The number of aryl methyl sites for hydroxylation is 1. The number of rotatable bonds is 4. The largest absolute Gasteiger partial charge is 0.382 e. The molecule has 0 aliphatic heterocycles. The van der Waals surface area contributed by atoms with Crippen LogP contribution in [-0.2, 0) is 6.54 Å². The van der Waals surface area contributed by atoms with E-state index in [0.29, 0.717) is 10.6 Å². The molecule has 0 aliphatic carbocycles. The van der Waals surface area contributed by atoms with Crippen molar-refractivity contribution in [1.29, 1.82) is 0 Å². The van der Waals surface area contributed by atoms with Gasteiger partial charge in [-0.15, -0.1) is 0 Å². The number of aliphatic hydroxyl groups is 1. The van der Waals surface area contributed by atoms with Crippen LogP contribution in [0.25, 0.3) is 0 Å². The first-order chi connectivity index (χ1) is 8.65. The second-order valence-corrected chi connectivity index (χ2v) is 5.29. The average molecular weight is 330 g/mol. The Hall–Kier alpha value is -0.840. The third-order valence-corrected chi connectivity index (χ3v) is 3.68. The van der Waals surface area contributed by atoms with Gasteiger partial charge in [-0.3, -0.25) is 4.68 Å². The van der Waals surface area contributed by atoms with E-state index in [1.165, 1.54) is 0 Å². The monoisotopic (exact) mass is 328 g/mol. The molecule has 0 saturated heterocycles. The predicted molar refractivity (Wildman–Crippen MR) is 75.7 cm³/mol. The van der Waals surface area contributed by atoms with E-state index in [9.17, 15) is 5.11 Å². The van der Waals surface area contributed by atoms with Crippen molar-refractivity contribution in [3.8, 4) is 0 Å². The van der Waals surface area contributed by atoms with E-state index in [1.54, 1.807) is 16.9 Å². The number of aliphatic hydroxyl groups excluding tert-OH is 1. The molecule has 1 aromatic carbocycles. The van der Waals surface area contributed by atoms with Gasteiger partial charge >= 0.3 is 0 Å². The highest BCUT2D eigenvalue weighted by Crippen LogP contribution is 2.32. The number of hydrogen-bond donors (Lipinski definition) is 1. The van der Waals surface area contributed by atoms with Gasteiger partial charge in [-0.25, -0.2) is 0 Å². The molecule has 1 unspecified atom stereocenters. The zero-order valence-corrected chi connectivity index (χ0v) is 12.3. The molecule has 3 nitrogen and oxygen atoms in total. The Labute approximate surface area is 120 Å². The number of aromatic nitrogens is 2. The minimum absolute atomic E-state index is 0.557. The van der Waals surface area contributed by atoms with Crippen LogP contribution in [0.5, 0.6) is 0 Å². The van der Waals surface area contributed by atoms with Crippen molar-refractivity contribution in [2.24, 2.45) is 0 Å². The Kier molecular flexibility index (Phi) is 4.43. The highest BCUT2D eigenvalue weighted by atomic mass is 79.9. The molecule has 0 saturated carbocycles. The van der Waals surface area contributed by atoms with Crippen molar-refractivity contribution in [3.05, 3.63) is 51.2 Å². The van der Waals surface area contributed by atoms with Crippen molar-refractivity contribution in [2.45, 2.75) is 26.0 Å². The van der Waals surface area contributed by atoms with Gasteiger partial charge in [-0.2, -0.15) is 5.10 Å². The predicted octanol–water partition coefficient (Wildman–Crippen LogP) is 3.79. The summed E-state index contributed by atoms with van der Waals surface area (Å²) in [6.07, 6.45) is 1.88. The third kappa shape index (κ3) is 2.60. The Bertz CT molecular complexity index is 542. The van der Waals surface area contributed by atoms with E-state index < -0.39 is 6.10 Å². The third-order valence-electron chi connectivity index (χ3n) is 2.73. The fourth-order valence-electron chi connectivity index (χ4n) is 1.88. The van der Waals surface area contributed by atoms with Crippen molar-refractivity contribution in [1.82, 2.24) is 9.78 Å². The van der Waals surface area contributed by atoms with E-state index in [2.05, 4.69) is 28.0 Å². The van der Waals surface area contributed by atoms with Gasteiger partial charge in [0.1, 0.15) is 6.10 Å². The van der Waals surface area contributed by atoms with E-state index in [0.717, 1.165) is 23.1 Å². The quantitative estimate of drug-likeness (QED) is 0.926. The molecule has 5 heteroatoms. The molecule has 2 aromatic rings. The molecule has 96 valence electrons. The molecule has 1 atom stereocenters. The fourth-order valence-corrected chi connectivity index (χ4v) is 2.63. The summed E-state index contributed by atoms with van der Waals surface area (Å²) in [5, 5.41) is 15.3. The fraction of sp³-hybridized carbons (Fsp3) is 0.308. The molecule has 1 aromatic heterocycles. The van der Waals surface area contributed by atoms with Crippen LogP contribution in [0.2, 0.25) is 5.02 Å². The van der Waals surface area contributed by atoms with Gasteiger partial charge in [-0.1, -0.05) is 36.7 Å². The summed E-state index contributed by atoms with van der Waals surface area (Å²) < 4.78 is 2.60. The zero-order valence-electron chi connectivity index (χ0n) is 9.98. The molecule has 2 rings (SSSR count). The summed E-state index contributed by atoms with van der Waals surface area (Å²) in [6.45, 7) is 2.84. The van der Waals surface area contributed by atoms with Crippen molar-refractivity contribution >= 4 is 27.5 Å². The number of hydrogen-bond acceptors (Lipinski definition) is 2. The maximum atomic E-state index is 10.5. The van der Waals surface area contributed by atoms with Crippen molar-refractivity contribution in [2.75, 3.05) is 0 Å². The smallest absolute Gasteiger partial charge is 0.123 e. The summed E-state index contributed by atoms with van der Waals surface area (Å²) in [5.41, 5.74) is 1.43. The second-order valence-electron chi connectivity index (χ2n) is 4.02. The van der Waals surface area contributed by atoms with Crippen LogP contribution >= 0.6 is 27.5 Å². The molecule has 0 aliphatic rings. The van der Waals surface area contributed by atoms with Crippen LogP contribution in [0.3, 0.4) is 0 Å². The Morgan fingerprint density at radius 3 is 2.83 bits per heavy atom.